The van der Waals surface area contributed by atoms with Crippen molar-refractivity contribution >= 4 is 17.8 Å². The van der Waals surface area contributed by atoms with Crippen molar-refractivity contribution in [2.75, 3.05) is 20.3 Å². The normalized spacial score (nSPS) is 15.1. The lowest BCUT2D eigenvalue weighted by atomic mass is 9.87. The van der Waals surface area contributed by atoms with Gasteiger partial charge in [-0.15, -0.1) is 0 Å². The zero-order valence-corrected chi connectivity index (χ0v) is 16.3. The minimum absolute atomic E-state index is 0.0233. The Labute approximate surface area is 169 Å². The van der Waals surface area contributed by atoms with Gasteiger partial charge in [-0.05, 0) is 42.5 Å². The molecule has 0 fully saturated rings. The second kappa shape index (κ2) is 9.23. The highest BCUT2D eigenvalue weighted by Crippen LogP contribution is 2.33. The van der Waals surface area contributed by atoms with Gasteiger partial charge in [-0.3, -0.25) is 9.59 Å². The second-order valence-electron chi connectivity index (χ2n) is 6.92. The average Bonchev–Trinajstić information content (AvgIpc) is 2.75. The molecule has 1 aliphatic rings. The van der Waals surface area contributed by atoms with Crippen molar-refractivity contribution in [1.82, 2.24) is 4.90 Å². The summed E-state index contributed by atoms with van der Waals surface area (Å²) in [4.78, 5) is 37.5. The SMILES string of the molecule is CN(C(=O)COC(=O)COc1ccccc1C(N)=O)[C@@H]1CCCc2ccccc21. The molecule has 0 aliphatic heterocycles. The van der Waals surface area contributed by atoms with E-state index in [4.69, 9.17) is 15.2 Å². The van der Waals surface area contributed by atoms with Crippen LogP contribution in [0.15, 0.2) is 48.5 Å². The molecule has 0 radical (unpaired) electrons. The van der Waals surface area contributed by atoms with E-state index in [0.717, 1.165) is 24.8 Å². The number of nitrogens with zero attached hydrogens (tertiary/aromatic N) is 1. The summed E-state index contributed by atoms with van der Waals surface area (Å²) in [6.07, 6.45) is 2.89. The molecule has 0 bridgehead atoms. The maximum Gasteiger partial charge on any atom is 0.344 e. The Bertz CT molecular complexity index is 912. The Kier molecular flexibility index (Phi) is 6.49. The standard InChI is InChI=1S/C22H24N2O5/c1-24(18-11-6-8-15-7-2-3-9-16(15)18)20(25)13-29-21(26)14-28-19-12-5-4-10-17(19)22(23)27/h2-5,7,9-10,12,18H,6,8,11,13-14H2,1H3,(H2,23,27)/t18-/m1/s1. The molecule has 7 nitrogen and oxygen atoms in total. The zero-order chi connectivity index (χ0) is 20.8. The Morgan fingerprint density at radius 2 is 1.79 bits per heavy atom. The summed E-state index contributed by atoms with van der Waals surface area (Å²) in [7, 11) is 1.72. The number of hydrogen-bond donors (Lipinski definition) is 1. The fourth-order valence-corrected chi connectivity index (χ4v) is 3.52. The van der Waals surface area contributed by atoms with Crippen molar-refractivity contribution in [1.29, 1.82) is 0 Å². The Morgan fingerprint density at radius 1 is 1.07 bits per heavy atom. The first-order valence-corrected chi connectivity index (χ1v) is 9.48. The van der Waals surface area contributed by atoms with Crippen molar-refractivity contribution in [3.05, 3.63) is 65.2 Å². The number of benzene rings is 2. The van der Waals surface area contributed by atoms with Crippen molar-refractivity contribution in [2.45, 2.75) is 25.3 Å². The molecule has 2 N–H and O–H groups in total. The number of fused-ring (bicyclic) bond motifs is 1. The molecule has 1 atom stereocenters. The van der Waals surface area contributed by atoms with Gasteiger partial charge in [-0.25, -0.2) is 4.79 Å². The summed E-state index contributed by atoms with van der Waals surface area (Å²) in [6, 6.07) is 14.4. The Morgan fingerprint density at radius 3 is 2.59 bits per heavy atom. The Balaban J connectivity index is 1.52. The quantitative estimate of drug-likeness (QED) is 0.724. The van der Waals surface area contributed by atoms with Gasteiger partial charge >= 0.3 is 5.97 Å². The van der Waals surface area contributed by atoms with Crippen LogP contribution in [0.3, 0.4) is 0 Å². The molecule has 7 heteroatoms. The van der Waals surface area contributed by atoms with E-state index < -0.39 is 18.5 Å². The molecule has 0 saturated heterocycles. The van der Waals surface area contributed by atoms with Crippen LogP contribution in [-0.2, 0) is 20.7 Å². The number of carbonyl (C=O) groups excluding carboxylic acids is 3. The predicted octanol–water partition coefficient (Wildman–Crippen LogP) is 2.24. The van der Waals surface area contributed by atoms with Crippen LogP contribution in [0.25, 0.3) is 0 Å². The molecular formula is C22H24N2O5. The van der Waals surface area contributed by atoms with E-state index in [-0.39, 0.29) is 29.9 Å². The number of likely N-dealkylation sites (N-methyl/N-ethyl adjacent to an activating group) is 1. The minimum Gasteiger partial charge on any atom is -0.481 e. The van der Waals surface area contributed by atoms with E-state index in [1.165, 1.54) is 17.7 Å². The lowest BCUT2D eigenvalue weighted by molar-refractivity contribution is -0.154. The molecule has 0 saturated carbocycles. The van der Waals surface area contributed by atoms with Crippen LogP contribution in [0, 0.1) is 0 Å². The maximum atomic E-state index is 12.5. The fourth-order valence-electron chi connectivity index (χ4n) is 3.52. The van der Waals surface area contributed by atoms with E-state index in [1.807, 2.05) is 18.2 Å². The summed E-state index contributed by atoms with van der Waals surface area (Å²) >= 11 is 0. The van der Waals surface area contributed by atoms with Gasteiger partial charge in [0.2, 0.25) is 0 Å². The molecule has 2 aromatic rings. The van der Waals surface area contributed by atoms with Gasteiger partial charge < -0.3 is 20.1 Å². The van der Waals surface area contributed by atoms with Crippen LogP contribution in [0.2, 0.25) is 0 Å². The van der Waals surface area contributed by atoms with Crippen LogP contribution >= 0.6 is 0 Å². The van der Waals surface area contributed by atoms with Gasteiger partial charge in [0.15, 0.2) is 13.2 Å². The number of hydrogen-bond acceptors (Lipinski definition) is 5. The number of rotatable bonds is 7. The summed E-state index contributed by atoms with van der Waals surface area (Å²) in [5.41, 5.74) is 7.84. The molecule has 3 rings (SSSR count). The first-order chi connectivity index (χ1) is 14.0. The number of amides is 2. The number of nitrogens with two attached hydrogens (primary N) is 1. The molecule has 0 spiro atoms. The molecule has 0 heterocycles. The number of primary amides is 1. The Hall–Kier alpha value is -3.35. The maximum absolute atomic E-state index is 12.5. The zero-order valence-electron chi connectivity index (χ0n) is 16.3. The molecule has 29 heavy (non-hydrogen) atoms. The first-order valence-electron chi connectivity index (χ1n) is 9.48. The lowest BCUT2D eigenvalue weighted by Crippen LogP contribution is -2.36. The van der Waals surface area contributed by atoms with Crippen LogP contribution < -0.4 is 10.5 Å². The monoisotopic (exact) mass is 396 g/mol. The third kappa shape index (κ3) is 4.93. The van der Waals surface area contributed by atoms with Crippen LogP contribution in [-0.4, -0.2) is 42.9 Å². The number of aryl methyl sites for hydroxylation is 1. The van der Waals surface area contributed by atoms with E-state index in [1.54, 1.807) is 24.1 Å². The van der Waals surface area contributed by atoms with Gasteiger partial charge in [-0.1, -0.05) is 36.4 Å². The highest BCUT2D eigenvalue weighted by atomic mass is 16.6. The van der Waals surface area contributed by atoms with Gasteiger partial charge in [0.05, 0.1) is 11.6 Å². The second-order valence-corrected chi connectivity index (χ2v) is 6.92. The molecule has 1 aliphatic carbocycles. The number of carbonyl (C=O) groups is 3. The molecule has 152 valence electrons. The van der Waals surface area contributed by atoms with Crippen LogP contribution in [0.5, 0.6) is 5.75 Å². The number of ether oxygens (including phenoxy) is 2. The predicted molar refractivity (Wildman–Crippen MR) is 106 cm³/mol. The van der Waals surface area contributed by atoms with Crippen molar-refractivity contribution in [3.63, 3.8) is 0 Å². The van der Waals surface area contributed by atoms with Crippen molar-refractivity contribution in [3.8, 4) is 5.75 Å². The van der Waals surface area contributed by atoms with E-state index in [0.29, 0.717) is 0 Å². The fraction of sp³-hybridized carbons (Fsp3) is 0.318. The highest BCUT2D eigenvalue weighted by molar-refractivity contribution is 5.95. The van der Waals surface area contributed by atoms with Gasteiger partial charge in [0, 0.05) is 7.05 Å². The van der Waals surface area contributed by atoms with Crippen molar-refractivity contribution in [2.24, 2.45) is 5.73 Å². The number of esters is 1. The third-order valence-electron chi connectivity index (χ3n) is 5.05. The van der Waals surface area contributed by atoms with Gasteiger partial charge in [0.25, 0.3) is 11.8 Å². The molecule has 2 aromatic carbocycles. The van der Waals surface area contributed by atoms with E-state index in [2.05, 4.69) is 6.07 Å². The van der Waals surface area contributed by atoms with Crippen LogP contribution in [0.4, 0.5) is 0 Å². The average molecular weight is 396 g/mol. The molecule has 0 unspecified atom stereocenters. The molecular weight excluding hydrogens is 372 g/mol. The highest BCUT2D eigenvalue weighted by Gasteiger charge is 2.27. The molecule has 0 aromatic heterocycles. The minimum atomic E-state index is -0.699. The van der Waals surface area contributed by atoms with E-state index >= 15 is 0 Å². The van der Waals surface area contributed by atoms with Crippen molar-refractivity contribution < 1.29 is 23.9 Å². The van der Waals surface area contributed by atoms with Gasteiger partial charge in [-0.2, -0.15) is 0 Å². The summed E-state index contributed by atoms with van der Waals surface area (Å²) in [6.45, 7) is -0.789. The topological polar surface area (TPSA) is 98.9 Å². The van der Waals surface area contributed by atoms with Crippen LogP contribution in [0.1, 0.15) is 40.4 Å². The molecule has 2 amide bonds. The smallest absolute Gasteiger partial charge is 0.344 e. The third-order valence-corrected chi connectivity index (χ3v) is 5.05. The largest absolute Gasteiger partial charge is 0.481 e. The number of para-hydroxylation sites is 1. The summed E-state index contributed by atoms with van der Waals surface area (Å²) < 4.78 is 10.4. The summed E-state index contributed by atoms with van der Waals surface area (Å²) in [5.74, 6) is -1.44. The first kappa shape index (κ1) is 20.4. The van der Waals surface area contributed by atoms with E-state index in [9.17, 15) is 14.4 Å². The van der Waals surface area contributed by atoms with Gasteiger partial charge in [0.1, 0.15) is 5.75 Å². The lowest BCUT2D eigenvalue weighted by Gasteiger charge is -2.33. The summed E-state index contributed by atoms with van der Waals surface area (Å²) in [5, 5.41) is 0.